The quantitative estimate of drug-likeness (QED) is 0.778. The molecule has 0 aromatic carbocycles. The molecule has 0 fully saturated rings. The molecule has 0 spiro atoms. The van der Waals surface area contributed by atoms with Gasteiger partial charge in [-0.15, -0.1) is 12.4 Å². The van der Waals surface area contributed by atoms with E-state index in [1.54, 1.807) is 42.9 Å². The summed E-state index contributed by atoms with van der Waals surface area (Å²) in [6, 6.07) is 6.89. The zero-order chi connectivity index (χ0) is 9.80. The molecular weight excluding hydrogens is 216 g/mol. The van der Waals surface area contributed by atoms with Crippen LogP contribution in [0.5, 0.6) is 0 Å². The Labute approximate surface area is 92.9 Å². The molecule has 78 valence electrons. The van der Waals surface area contributed by atoms with Gasteiger partial charge in [0.2, 0.25) is 0 Å². The third-order valence-electron chi connectivity index (χ3n) is 1.66. The molecule has 0 atom stereocenters. The second-order valence-electron chi connectivity index (χ2n) is 2.66. The first-order chi connectivity index (χ1) is 6.86. The lowest BCUT2D eigenvalue weighted by Gasteiger charge is -2.02. The van der Waals surface area contributed by atoms with E-state index in [-0.39, 0.29) is 12.4 Å². The Kier molecular flexibility index (Phi) is 3.88. The predicted molar refractivity (Wildman–Crippen MR) is 56.8 cm³/mol. The first-order valence-corrected chi connectivity index (χ1v) is 4.12. The SMILES string of the molecule is Cl.O=C(On1cccc1)c1cccnc1. The van der Waals surface area contributed by atoms with Crippen LogP contribution in [0.3, 0.4) is 0 Å². The average molecular weight is 225 g/mol. The highest BCUT2D eigenvalue weighted by molar-refractivity contribution is 5.89. The van der Waals surface area contributed by atoms with Crippen molar-refractivity contribution in [2.24, 2.45) is 0 Å². The normalized spacial score (nSPS) is 9.07. The van der Waals surface area contributed by atoms with Gasteiger partial charge in [-0.2, -0.15) is 4.73 Å². The van der Waals surface area contributed by atoms with Crippen LogP contribution in [0.2, 0.25) is 0 Å². The number of halogens is 1. The van der Waals surface area contributed by atoms with E-state index in [0.29, 0.717) is 5.56 Å². The van der Waals surface area contributed by atoms with Gasteiger partial charge in [0.25, 0.3) is 0 Å². The molecule has 0 saturated carbocycles. The van der Waals surface area contributed by atoms with Gasteiger partial charge in [0.1, 0.15) is 0 Å². The lowest BCUT2D eigenvalue weighted by molar-refractivity contribution is 0.0462. The number of carbonyl (C=O) groups excluding carboxylic acids is 1. The van der Waals surface area contributed by atoms with Gasteiger partial charge in [-0.05, 0) is 24.3 Å². The third-order valence-corrected chi connectivity index (χ3v) is 1.66. The van der Waals surface area contributed by atoms with E-state index in [9.17, 15) is 4.79 Å². The minimum Gasteiger partial charge on any atom is -0.332 e. The summed E-state index contributed by atoms with van der Waals surface area (Å²) in [5.41, 5.74) is 0.432. The molecule has 0 aliphatic heterocycles. The van der Waals surface area contributed by atoms with E-state index in [1.165, 1.54) is 10.9 Å². The molecule has 0 aliphatic rings. The molecule has 0 amide bonds. The summed E-state index contributed by atoms with van der Waals surface area (Å²) in [4.78, 5) is 20.2. The van der Waals surface area contributed by atoms with Gasteiger partial charge in [0.05, 0.1) is 5.56 Å². The van der Waals surface area contributed by atoms with Gasteiger partial charge in [-0.3, -0.25) is 4.98 Å². The van der Waals surface area contributed by atoms with E-state index in [1.807, 2.05) is 0 Å². The molecule has 2 rings (SSSR count). The maximum absolute atomic E-state index is 11.4. The van der Waals surface area contributed by atoms with Crippen LogP contribution in [0.25, 0.3) is 0 Å². The number of carbonyl (C=O) groups is 1. The Morgan fingerprint density at radius 3 is 2.60 bits per heavy atom. The molecule has 0 unspecified atom stereocenters. The number of aromatic nitrogens is 2. The van der Waals surface area contributed by atoms with Crippen molar-refractivity contribution in [2.75, 3.05) is 0 Å². The fourth-order valence-corrected chi connectivity index (χ4v) is 1.01. The maximum Gasteiger partial charge on any atom is 0.365 e. The molecule has 0 radical (unpaired) electrons. The average Bonchev–Trinajstić information content (AvgIpc) is 2.72. The second kappa shape index (κ2) is 5.17. The van der Waals surface area contributed by atoms with E-state index < -0.39 is 5.97 Å². The molecule has 2 aromatic rings. The highest BCUT2D eigenvalue weighted by Gasteiger charge is 2.06. The summed E-state index contributed by atoms with van der Waals surface area (Å²) >= 11 is 0. The monoisotopic (exact) mass is 224 g/mol. The van der Waals surface area contributed by atoms with Crippen molar-refractivity contribution in [3.63, 3.8) is 0 Å². The topological polar surface area (TPSA) is 44.1 Å². The Morgan fingerprint density at radius 2 is 2.00 bits per heavy atom. The summed E-state index contributed by atoms with van der Waals surface area (Å²) in [6.45, 7) is 0. The molecule has 15 heavy (non-hydrogen) atoms. The summed E-state index contributed by atoms with van der Waals surface area (Å²) in [5.74, 6) is -0.422. The largest absolute Gasteiger partial charge is 0.365 e. The molecular formula is C10H9ClN2O2. The number of rotatable bonds is 2. The van der Waals surface area contributed by atoms with Crippen LogP contribution in [0.15, 0.2) is 49.1 Å². The summed E-state index contributed by atoms with van der Waals surface area (Å²) < 4.78 is 1.34. The zero-order valence-corrected chi connectivity index (χ0v) is 8.55. The van der Waals surface area contributed by atoms with E-state index in [2.05, 4.69) is 4.98 Å². The van der Waals surface area contributed by atoms with Crippen LogP contribution in [-0.4, -0.2) is 15.7 Å². The van der Waals surface area contributed by atoms with Crippen molar-refractivity contribution >= 4 is 18.4 Å². The van der Waals surface area contributed by atoms with Crippen molar-refractivity contribution in [1.29, 1.82) is 0 Å². The van der Waals surface area contributed by atoms with E-state index >= 15 is 0 Å². The molecule has 0 aliphatic carbocycles. The second-order valence-corrected chi connectivity index (χ2v) is 2.66. The molecule has 0 saturated heterocycles. The molecule has 0 bridgehead atoms. The van der Waals surface area contributed by atoms with Crippen LogP contribution < -0.4 is 4.84 Å². The van der Waals surface area contributed by atoms with Crippen molar-refractivity contribution in [1.82, 2.24) is 9.71 Å². The van der Waals surface area contributed by atoms with Crippen LogP contribution in [0.4, 0.5) is 0 Å². The highest BCUT2D eigenvalue weighted by Crippen LogP contribution is 1.97. The molecule has 0 N–H and O–H groups in total. The first-order valence-electron chi connectivity index (χ1n) is 4.12. The Hall–Kier alpha value is -1.81. The predicted octanol–water partition coefficient (Wildman–Crippen LogP) is 1.57. The molecule has 2 heterocycles. The van der Waals surface area contributed by atoms with Crippen LogP contribution in [0, 0.1) is 0 Å². The van der Waals surface area contributed by atoms with Crippen LogP contribution in [-0.2, 0) is 0 Å². The lowest BCUT2D eigenvalue weighted by atomic mass is 10.3. The highest BCUT2D eigenvalue weighted by atomic mass is 35.5. The van der Waals surface area contributed by atoms with Crippen molar-refractivity contribution in [3.8, 4) is 0 Å². The minimum atomic E-state index is -0.422. The van der Waals surface area contributed by atoms with Gasteiger partial charge in [0.15, 0.2) is 0 Å². The third kappa shape index (κ3) is 2.82. The van der Waals surface area contributed by atoms with Crippen LogP contribution in [0.1, 0.15) is 10.4 Å². The Balaban J connectivity index is 0.00000112. The van der Waals surface area contributed by atoms with Gasteiger partial charge < -0.3 is 4.84 Å². The number of hydrogen-bond acceptors (Lipinski definition) is 3. The van der Waals surface area contributed by atoms with Crippen LogP contribution >= 0.6 is 12.4 Å². The molecule has 4 nitrogen and oxygen atoms in total. The van der Waals surface area contributed by atoms with Gasteiger partial charge >= 0.3 is 5.97 Å². The summed E-state index contributed by atoms with van der Waals surface area (Å²) in [5, 5.41) is 0. The van der Waals surface area contributed by atoms with E-state index in [4.69, 9.17) is 4.84 Å². The number of nitrogens with zero attached hydrogens (tertiary/aromatic N) is 2. The number of pyridine rings is 1. The van der Waals surface area contributed by atoms with Crippen molar-refractivity contribution < 1.29 is 9.63 Å². The minimum absolute atomic E-state index is 0. The standard InChI is InChI=1S/C10H8N2O2.ClH/c13-10(9-4-3-5-11-8-9)14-12-6-1-2-7-12;/h1-8H;1H. The smallest absolute Gasteiger partial charge is 0.332 e. The van der Waals surface area contributed by atoms with Gasteiger partial charge in [0, 0.05) is 24.8 Å². The van der Waals surface area contributed by atoms with Crippen molar-refractivity contribution in [3.05, 3.63) is 54.6 Å². The molecule has 2 aromatic heterocycles. The fourth-order valence-electron chi connectivity index (χ4n) is 1.01. The van der Waals surface area contributed by atoms with E-state index in [0.717, 1.165) is 0 Å². The fraction of sp³-hybridized carbons (Fsp3) is 0. The molecule has 5 heteroatoms. The maximum atomic E-state index is 11.4. The Morgan fingerprint density at radius 1 is 1.27 bits per heavy atom. The van der Waals surface area contributed by atoms with Gasteiger partial charge in [-0.25, -0.2) is 4.79 Å². The zero-order valence-electron chi connectivity index (χ0n) is 7.74. The lowest BCUT2D eigenvalue weighted by Crippen LogP contribution is -2.18. The summed E-state index contributed by atoms with van der Waals surface area (Å²) in [6.07, 6.45) is 6.36. The Bertz CT molecular complexity index is 414. The van der Waals surface area contributed by atoms with Gasteiger partial charge in [-0.1, -0.05) is 0 Å². The van der Waals surface area contributed by atoms with Crippen molar-refractivity contribution in [2.45, 2.75) is 0 Å². The summed E-state index contributed by atoms with van der Waals surface area (Å²) in [7, 11) is 0. The first kappa shape index (κ1) is 11.3. The number of hydrogen-bond donors (Lipinski definition) is 0.